The molecule has 1 saturated heterocycles. The number of aliphatic hydroxyl groups is 1. The Morgan fingerprint density at radius 1 is 1.33 bits per heavy atom. The zero-order valence-electron chi connectivity index (χ0n) is 16.4. The van der Waals surface area contributed by atoms with E-state index in [4.69, 9.17) is 4.74 Å². The lowest BCUT2D eigenvalue weighted by Gasteiger charge is -2.36. The number of nitrogens with one attached hydrogen (secondary N) is 1. The minimum absolute atomic E-state index is 0. The highest BCUT2D eigenvalue weighted by molar-refractivity contribution is 14.0. The summed E-state index contributed by atoms with van der Waals surface area (Å²) in [7, 11) is 1.47. The van der Waals surface area contributed by atoms with Crippen LogP contribution in [0.1, 0.15) is 19.4 Å². The van der Waals surface area contributed by atoms with Crippen molar-refractivity contribution in [2.24, 2.45) is 10.9 Å². The molecule has 0 spiro atoms. The fraction of sp³-hybridized carbons (Fsp3) is 0.632. The Morgan fingerprint density at radius 3 is 2.59 bits per heavy atom. The maximum absolute atomic E-state index is 13.8. The third kappa shape index (κ3) is 7.42. The van der Waals surface area contributed by atoms with E-state index < -0.39 is 0 Å². The van der Waals surface area contributed by atoms with Crippen molar-refractivity contribution in [1.29, 1.82) is 0 Å². The van der Waals surface area contributed by atoms with Crippen molar-refractivity contribution in [2.45, 2.75) is 20.4 Å². The van der Waals surface area contributed by atoms with Gasteiger partial charge < -0.3 is 20.1 Å². The second kappa shape index (κ2) is 12.4. The number of guanidine groups is 1. The zero-order valence-corrected chi connectivity index (χ0v) is 18.8. The van der Waals surface area contributed by atoms with Crippen LogP contribution in [0.15, 0.2) is 23.2 Å². The van der Waals surface area contributed by atoms with Gasteiger partial charge in [-0.25, -0.2) is 4.39 Å². The van der Waals surface area contributed by atoms with Gasteiger partial charge in [0.2, 0.25) is 0 Å². The number of benzene rings is 1. The molecule has 0 radical (unpaired) electrons. The van der Waals surface area contributed by atoms with Crippen molar-refractivity contribution in [3.8, 4) is 5.75 Å². The molecule has 0 saturated carbocycles. The Labute approximate surface area is 178 Å². The second-order valence-corrected chi connectivity index (χ2v) is 6.71. The smallest absolute Gasteiger partial charge is 0.194 e. The lowest BCUT2D eigenvalue weighted by molar-refractivity contribution is 0.172. The molecule has 2 rings (SSSR count). The van der Waals surface area contributed by atoms with E-state index in [0.29, 0.717) is 6.54 Å². The van der Waals surface area contributed by atoms with Crippen LogP contribution in [0.2, 0.25) is 0 Å². The highest BCUT2D eigenvalue weighted by atomic mass is 127. The minimum atomic E-state index is -0.316. The van der Waals surface area contributed by atoms with Gasteiger partial charge in [-0.1, -0.05) is 13.0 Å². The average Bonchev–Trinajstić information content (AvgIpc) is 2.65. The number of nitrogens with zero attached hydrogens (tertiary/aromatic N) is 3. The van der Waals surface area contributed by atoms with Gasteiger partial charge in [-0.2, -0.15) is 0 Å². The first kappa shape index (κ1) is 23.9. The number of hydrogen-bond acceptors (Lipinski definition) is 4. The Hall–Kier alpha value is -1.13. The second-order valence-electron chi connectivity index (χ2n) is 6.71. The van der Waals surface area contributed by atoms with Crippen molar-refractivity contribution < 1.29 is 14.2 Å². The molecule has 1 unspecified atom stereocenters. The van der Waals surface area contributed by atoms with Gasteiger partial charge in [0.25, 0.3) is 0 Å². The summed E-state index contributed by atoms with van der Waals surface area (Å²) in [6.45, 7) is 9.89. The summed E-state index contributed by atoms with van der Waals surface area (Å²) in [5.74, 6) is 1.03. The standard InChI is InChI=1S/C19H31FN4O2.HI/c1-4-21-19(22-12-15(2)14-25)24-9-7-23(8-10-24)13-16-5-6-18(26-3)17(20)11-16;/h5-6,11,15,25H,4,7-10,12-14H2,1-3H3,(H,21,22);1H. The summed E-state index contributed by atoms with van der Waals surface area (Å²) in [5, 5.41) is 12.5. The number of halogens is 2. The molecule has 1 atom stereocenters. The van der Waals surface area contributed by atoms with Crippen LogP contribution in [-0.2, 0) is 6.54 Å². The molecule has 1 aliphatic rings. The highest BCUT2D eigenvalue weighted by Crippen LogP contribution is 2.19. The van der Waals surface area contributed by atoms with E-state index in [9.17, 15) is 9.50 Å². The molecule has 1 aromatic carbocycles. The van der Waals surface area contributed by atoms with Crippen molar-refractivity contribution in [1.82, 2.24) is 15.1 Å². The highest BCUT2D eigenvalue weighted by Gasteiger charge is 2.20. The molecular weight excluding hydrogens is 462 g/mol. The first-order valence-electron chi connectivity index (χ1n) is 9.26. The van der Waals surface area contributed by atoms with E-state index in [0.717, 1.165) is 50.8 Å². The molecule has 154 valence electrons. The number of ether oxygens (including phenoxy) is 1. The molecular formula is C19H32FIN4O2. The maximum Gasteiger partial charge on any atom is 0.194 e. The zero-order chi connectivity index (χ0) is 18.9. The van der Waals surface area contributed by atoms with Crippen LogP contribution >= 0.6 is 24.0 Å². The van der Waals surface area contributed by atoms with Crippen LogP contribution in [-0.4, -0.2) is 73.9 Å². The maximum atomic E-state index is 13.8. The van der Waals surface area contributed by atoms with E-state index in [1.54, 1.807) is 12.1 Å². The van der Waals surface area contributed by atoms with Crippen LogP contribution in [0.3, 0.4) is 0 Å². The lowest BCUT2D eigenvalue weighted by Crippen LogP contribution is -2.52. The fourth-order valence-electron chi connectivity index (χ4n) is 2.91. The third-order valence-electron chi connectivity index (χ3n) is 4.49. The van der Waals surface area contributed by atoms with E-state index in [-0.39, 0.29) is 48.1 Å². The summed E-state index contributed by atoms with van der Waals surface area (Å²) < 4.78 is 18.8. The molecule has 1 fully saturated rings. The van der Waals surface area contributed by atoms with Gasteiger partial charge in [0.05, 0.1) is 7.11 Å². The summed E-state index contributed by atoms with van der Waals surface area (Å²) in [5.41, 5.74) is 0.953. The molecule has 0 bridgehead atoms. The number of piperazine rings is 1. The van der Waals surface area contributed by atoms with Crippen molar-refractivity contribution >= 4 is 29.9 Å². The Balaban J connectivity index is 0.00000364. The molecule has 8 heteroatoms. The van der Waals surface area contributed by atoms with Crippen LogP contribution in [0.25, 0.3) is 0 Å². The largest absolute Gasteiger partial charge is 0.494 e. The van der Waals surface area contributed by atoms with Gasteiger partial charge in [-0.05, 0) is 30.5 Å². The monoisotopic (exact) mass is 494 g/mol. The minimum Gasteiger partial charge on any atom is -0.494 e. The van der Waals surface area contributed by atoms with Crippen molar-refractivity contribution in [3.05, 3.63) is 29.6 Å². The Kier molecular flexibility index (Phi) is 10.9. The number of methoxy groups -OCH3 is 1. The van der Waals surface area contributed by atoms with Gasteiger partial charge in [0.1, 0.15) is 0 Å². The predicted octanol–water partition coefficient (Wildman–Crippen LogP) is 2.16. The van der Waals surface area contributed by atoms with Gasteiger partial charge >= 0.3 is 0 Å². The van der Waals surface area contributed by atoms with Gasteiger partial charge in [-0.15, -0.1) is 24.0 Å². The topological polar surface area (TPSA) is 60.3 Å². The molecule has 0 aliphatic carbocycles. The average molecular weight is 494 g/mol. The SMILES string of the molecule is CCNC(=NCC(C)CO)N1CCN(Cc2ccc(OC)c(F)c2)CC1.I. The summed E-state index contributed by atoms with van der Waals surface area (Å²) >= 11 is 0. The van der Waals surface area contributed by atoms with Crippen LogP contribution in [0, 0.1) is 11.7 Å². The number of aliphatic hydroxyl groups excluding tert-OH is 1. The van der Waals surface area contributed by atoms with Gasteiger partial charge in [0, 0.05) is 52.4 Å². The molecule has 6 nitrogen and oxygen atoms in total. The first-order valence-corrected chi connectivity index (χ1v) is 9.26. The van der Waals surface area contributed by atoms with Crippen LogP contribution < -0.4 is 10.1 Å². The summed E-state index contributed by atoms with van der Waals surface area (Å²) in [4.78, 5) is 9.20. The predicted molar refractivity (Wildman–Crippen MR) is 117 cm³/mol. The lowest BCUT2D eigenvalue weighted by atomic mass is 10.2. The molecule has 0 amide bonds. The fourth-order valence-corrected chi connectivity index (χ4v) is 2.91. The Morgan fingerprint density at radius 2 is 2.04 bits per heavy atom. The number of hydrogen-bond donors (Lipinski definition) is 2. The van der Waals surface area contributed by atoms with E-state index in [2.05, 4.69) is 27.0 Å². The van der Waals surface area contributed by atoms with Crippen LogP contribution in [0.4, 0.5) is 4.39 Å². The third-order valence-corrected chi connectivity index (χ3v) is 4.49. The normalized spacial score (nSPS) is 16.6. The Bertz CT molecular complexity index is 595. The molecule has 0 aromatic heterocycles. The molecule has 1 heterocycles. The van der Waals surface area contributed by atoms with E-state index in [1.165, 1.54) is 7.11 Å². The van der Waals surface area contributed by atoms with Crippen molar-refractivity contribution in [3.63, 3.8) is 0 Å². The van der Waals surface area contributed by atoms with E-state index in [1.807, 2.05) is 13.0 Å². The number of aliphatic imine (C=N–C) groups is 1. The van der Waals surface area contributed by atoms with E-state index >= 15 is 0 Å². The molecule has 1 aliphatic heterocycles. The number of rotatable bonds is 7. The van der Waals surface area contributed by atoms with Gasteiger partial charge in [-0.3, -0.25) is 9.89 Å². The molecule has 27 heavy (non-hydrogen) atoms. The van der Waals surface area contributed by atoms with Gasteiger partial charge in [0.15, 0.2) is 17.5 Å². The molecule has 2 N–H and O–H groups in total. The molecule has 1 aromatic rings. The van der Waals surface area contributed by atoms with Crippen molar-refractivity contribution in [2.75, 3.05) is 53.0 Å². The summed E-state index contributed by atoms with van der Waals surface area (Å²) in [6, 6.07) is 5.14. The quantitative estimate of drug-likeness (QED) is 0.346. The van der Waals surface area contributed by atoms with Crippen LogP contribution in [0.5, 0.6) is 5.75 Å². The first-order chi connectivity index (χ1) is 12.6. The summed E-state index contributed by atoms with van der Waals surface area (Å²) in [6.07, 6.45) is 0.